The summed E-state index contributed by atoms with van der Waals surface area (Å²) in [5.74, 6) is 0.967. The summed E-state index contributed by atoms with van der Waals surface area (Å²) in [5, 5.41) is 19.9. The normalized spacial score (nSPS) is 53.2. The molecule has 11 heteroatoms. The van der Waals surface area contributed by atoms with Gasteiger partial charge in [0.05, 0.1) is 0 Å². The van der Waals surface area contributed by atoms with Crippen molar-refractivity contribution in [3.63, 3.8) is 0 Å². The largest absolute Gasteiger partial charge is 0.307 e. The van der Waals surface area contributed by atoms with Crippen molar-refractivity contribution in [3.8, 4) is 0 Å². The van der Waals surface area contributed by atoms with E-state index in [1.165, 1.54) is 0 Å². The predicted octanol–water partition coefficient (Wildman–Crippen LogP) is 5.10. The molecule has 0 aromatic carbocycles. The molecule has 0 N–H and O–H groups in total. The van der Waals surface area contributed by atoms with Crippen molar-refractivity contribution in [1.82, 2.24) is 0 Å². The van der Waals surface area contributed by atoms with E-state index in [-0.39, 0.29) is 23.7 Å². The van der Waals surface area contributed by atoms with E-state index < -0.39 is 38.2 Å². The molecule has 9 nitrogen and oxygen atoms in total. The molecule has 31 heavy (non-hydrogen) atoms. The highest BCUT2D eigenvalue weighted by Gasteiger charge is 2.73. The minimum atomic E-state index is -3.40. The first-order chi connectivity index (χ1) is 14.5. The van der Waals surface area contributed by atoms with Crippen LogP contribution in [0.4, 0.5) is 0 Å². The second-order valence-electron chi connectivity index (χ2n) is 11.9. The Hall–Kier alpha value is -1.08. The second kappa shape index (κ2) is 6.07. The molecule has 3 unspecified atom stereocenters. The summed E-state index contributed by atoms with van der Waals surface area (Å²) < 4.78 is 14.9. The molecule has 8 fully saturated rings. The average Bonchev–Trinajstić information content (AvgIpc) is 2.56. The third-order valence-electron chi connectivity index (χ3n) is 9.71. The maximum atomic E-state index is 14.9. The van der Waals surface area contributed by atoms with Gasteiger partial charge in [-0.1, -0.05) is 11.2 Å². The summed E-state index contributed by atoms with van der Waals surface area (Å²) in [4.78, 5) is 33.2. The lowest BCUT2D eigenvalue weighted by atomic mass is 9.53. The third kappa shape index (κ3) is 2.77. The fraction of sp³-hybridized carbons (Fsp3) is 1.00. The van der Waals surface area contributed by atoms with Gasteiger partial charge in [0.25, 0.3) is 10.2 Å². The smallest absolute Gasteiger partial charge is 0.295 e. The molecular formula is C20H28ClN2O7P. The predicted molar refractivity (Wildman–Crippen MR) is 110 cm³/mol. The first-order valence-electron chi connectivity index (χ1n) is 11.4. The number of halogens is 1. The van der Waals surface area contributed by atoms with Crippen molar-refractivity contribution >= 4 is 17.7 Å². The van der Waals surface area contributed by atoms with Gasteiger partial charge in [-0.05, 0) is 101 Å². The Bertz CT molecular complexity index is 816. The molecular weight excluding hydrogens is 447 g/mol. The Labute approximate surface area is 184 Å². The van der Waals surface area contributed by atoms with Crippen molar-refractivity contribution in [2.24, 2.45) is 23.7 Å². The lowest BCUT2D eigenvalue weighted by Crippen LogP contribution is -2.65. The molecule has 0 saturated heterocycles. The summed E-state index contributed by atoms with van der Waals surface area (Å²) in [6, 6.07) is 0. The molecule has 8 rings (SSSR count). The number of rotatable bonds is 6. The molecule has 0 spiro atoms. The second-order valence-corrected chi connectivity index (χ2v) is 16.3. The van der Waals surface area contributed by atoms with Gasteiger partial charge in [0.15, 0.2) is 6.49 Å². The van der Waals surface area contributed by atoms with Gasteiger partial charge in [0.2, 0.25) is 0 Å². The van der Waals surface area contributed by atoms with Crippen LogP contribution in [0.5, 0.6) is 0 Å². The van der Waals surface area contributed by atoms with Gasteiger partial charge >= 0.3 is 0 Å². The third-order valence-corrected chi connectivity index (χ3v) is 15.3. The zero-order valence-corrected chi connectivity index (χ0v) is 19.0. The standard InChI is InChI=1S/C20H28ClN2O7P/c21-31(28,19-7-13-1-14(8-19)4-17(3-13,11-19)29-22(24)25)20-9-15-2-16(10-20)6-18(5-15,12-20)30-23(26)27/h13-16H,1-12H2/t13-,14-,15-,16+,17?,18?,19?,20?,31?/m1/s1. The maximum absolute atomic E-state index is 14.9. The highest BCUT2D eigenvalue weighted by Crippen LogP contribution is 2.86. The van der Waals surface area contributed by atoms with E-state index in [1.807, 2.05) is 0 Å². The average molecular weight is 475 g/mol. The van der Waals surface area contributed by atoms with Gasteiger partial charge in [-0.25, -0.2) is 0 Å². The SMILES string of the molecule is O=[N+]([O-])OC12C[C@H]3C[C@H](C1)CC(P(=O)(Cl)C14C[C@@H]5C[C@@H](CC(O[N+](=O)[O-])(C5)C1)C4)(C3)C2. The minimum Gasteiger partial charge on any atom is -0.307 e. The molecule has 0 aromatic rings. The molecule has 8 bridgehead atoms. The Morgan fingerprint density at radius 1 is 0.710 bits per heavy atom. The van der Waals surface area contributed by atoms with Crippen LogP contribution in [0.2, 0.25) is 0 Å². The van der Waals surface area contributed by atoms with Crippen LogP contribution in [-0.4, -0.2) is 31.7 Å². The molecule has 0 aromatic heterocycles. The van der Waals surface area contributed by atoms with Gasteiger partial charge in [-0.3, -0.25) is 0 Å². The quantitative estimate of drug-likeness (QED) is 0.298. The van der Waals surface area contributed by atoms with E-state index >= 15 is 0 Å². The summed E-state index contributed by atoms with van der Waals surface area (Å²) in [6.07, 6.45) is 8.18. The van der Waals surface area contributed by atoms with Gasteiger partial charge in [-0.2, -0.15) is 0 Å². The molecule has 0 heterocycles. The summed E-state index contributed by atoms with van der Waals surface area (Å²) in [7, 11) is 0. The van der Waals surface area contributed by atoms with E-state index in [1.54, 1.807) is 0 Å². The lowest BCUT2D eigenvalue weighted by molar-refractivity contribution is -0.785. The Morgan fingerprint density at radius 2 is 1.03 bits per heavy atom. The zero-order chi connectivity index (χ0) is 21.9. The van der Waals surface area contributed by atoms with Crippen molar-refractivity contribution in [2.75, 3.05) is 0 Å². The first-order valence-corrected chi connectivity index (χ1v) is 14.1. The fourth-order valence-corrected chi connectivity index (χ4v) is 15.1. The van der Waals surface area contributed by atoms with Crippen LogP contribution < -0.4 is 0 Å². The molecule has 172 valence electrons. The molecule has 8 saturated carbocycles. The molecule has 0 radical (unpaired) electrons. The van der Waals surface area contributed by atoms with E-state index in [4.69, 9.17) is 20.9 Å². The summed E-state index contributed by atoms with van der Waals surface area (Å²) in [6.45, 7) is -3.40. The van der Waals surface area contributed by atoms with Gasteiger partial charge in [-0.15, -0.1) is 20.2 Å². The number of hydrogen-bond acceptors (Lipinski definition) is 7. The van der Waals surface area contributed by atoms with Crippen molar-refractivity contribution < 1.29 is 24.4 Å². The molecule has 0 aliphatic heterocycles. The van der Waals surface area contributed by atoms with Crippen molar-refractivity contribution in [2.45, 2.75) is 98.6 Å². The van der Waals surface area contributed by atoms with Gasteiger partial charge < -0.3 is 14.2 Å². The summed E-state index contributed by atoms with van der Waals surface area (Å²) in [5.41, 5.74) is -1.76. The number of nitrogens with zero attached hydrogens (tertiary/aromatic N) is 2. The zero-order valence-electron chi connectivity index (χ0n) is 17.4. The van der Waals surface area contributed by atoms with Crippen LogP contribution in [0, 0.1) is 43.9 Å². The monoisotopic (exact) mass is 474 g/mol. The highest BCUT2D eigenvalue weighted by molar-refractivity contribution is 7.91. The fourth-order valence-electron chi connectivity index (χ4n) is 9.97. The van der Waals surface area contributed by atoms with Gasteiger partial charge in [0.1, 0.15) is 11.2 Å². The molecule has 0 amide bonds. The molecule has 8 aliphatic rings. The first kappa shape index (κ1) is 20.5. The van der Waals surface area contributed by atoms with Crippen LogP contribution in [0.1, 0.15) is 77.0 Å². The Kier molecular flexibility index (Phi) is 4.02. The van der Waals surface area contributed by atoms with Crippen LogP contribution in [0.25, 0.3) is 0 Å². The Morgan fingerprint density at radius 3 is 1.32 bits per heavy atom. The van der Waals surface area contributed by atoms with Crippen LogP contribution >= 0.6 is 17.7 Å². The van der Waals surface area contributed by atoms with E-state index in [0.29, 0.717) is 38.5 Å². The Balaban J connectivity index is 1.40. The maximum Gasteiger partial charge on any atom is 0.295 e. The van der Waals surface area contributed by atoms with Gasteiger partial charge in [0, 0.05) is 10.3 Å². The lowest BCUT2D eigenvalue weighted by Gasteiger charge is -2.67. The van der Waals surface area contributed by atoms with E-state index in [0.717, 1.165) is 38.5 Å². The van der Waals surface area contributed by atoms with E-state index in [2.05, 4.69) is 0 Å². The van der Waals surface area contributed by atoms with Crippen molar-refractivity contribution in [1.29, 1.82) is 0 Å². The minimum absolute atomic E-state index is 0.242. The highest BCUT2D eigenvalue weighted by atomic mass is 35.7. The van der Waals surface area contributed by atoms with E-state index in [9.17, 15) is 24.8 Å². The topological polar surface area (TPSA) is 122 Å². The summed E-state index contributed by atoms with van der Waals surface area (Å²) >= 11 is 7.28. The van der Waals surface area contributed by atoms with Crippen LogP contribution in [0.3, 0.4) is 0 Å². The van der Waals surface area contributed by atoms with Crippen molar-refractivity contribution in [3.05, 3.63) is 20.2 Å². The van der Waals surface area contributed by atoms with Crippen LogP contribution in [0.15, 0.2) is 0 Å². The number of hydrogen-bond donors (Lipinski definition) is 0. The van der Waals surface area contributed by atoms with Crippen LogP contribution in [-0.2, 0) is 14.2 Å². The molecule has 8 aliphatic carbocycles. The molecule has 7 atom stereocenters.